The van der Waals surface area contributed by atoms with E-state index < -0.39 is 0 Å². The maximum absolute atomic E-state index is 5.79. The Kier molecular flexibility index (Phi) is 2.80. The molecule has 0 fully saturated rings. The smallest absolute Gasteiger partial charge is 0.301 e. The molecule has 0 saturated carbocycles. The molecule has 0 spiro atoms. The van der Waals surface area contributed by atoms with Gasteiger partial charge in [0.05, 0.1) is 4.47 Å². The van der Waals surface area contributed by atoms with E-state index in [1.165, 1.54) is 5.39 Å². The Balaban J connectivity index is 2.08. The van der Waals surface area contributed by atoms with Crippen LogP contribution >= 0.6 is 15.9 Å². The molecule has 0 radical (unpaired) electrons. The van der Waals surface area contributed by atoms with Crippen molar-refractivity contribution in [2.45, 2.75) is 0 Å². The first kappa shape index (κ1) is 11.3. The van der Waals surface area contributed by atoms with Crippen LogP contribution in [-0.2, 0) is 7.05 Å². The largest absolute Gasteiger partial charge is 0.424 e. The van der Waals surface area contributed by atoms with Crippen LogP contribution in [0.4, 0.5) is 0 Å². The van der Waals surface area contributed by atoms with Gasteiger partial charge in [-0.2, -0.15) is 0 Å². The molecule has 0 bridgehead atoms. The van der Waals surface area contributed by atoms with E-state index in [9.17, 15) is 0 Å². The quantitative estimate of drug-likeness (QED) is 0.712. The number of hydrogen-bond acceptors (Lipinski definition) is 2. The van der Waals surface area contributed by atoms with Gasteiger partial charge >= 0.3 is 6.01 Å². The highest BCUT2D eigenvalue weighted by atomic mass is 79.9. The van der Waals surface area contributed by atoms with E-state index in [4.69, 9.17) is 4.74 Å². The summed E-state index contributed by atoms with van der Waals surface area (Å²) in [5.74, 6) is 0.767. The summed E-state index contributed by atoms with van der Waals surface area (Å²) < 4.78 is 8.58. The van der Waals surface area contributed by atoms with Gasteiger partial charge in [-0.3, -0.25) is 0 Å². The molecule has 18 heavy (non-hydrogen) atoms. The van der Waals surface area contributed by atoms with Crippen LogP contribution in [0, 0.1) is 0 Å². The van der Waals surface area contributed by atoms with Crippen molar-refractivity contribution >= 4 is 26.7 Å². The lowest BCUT2D eigenvalue weighted by molar-refractivity contribution is 0.423. The fourth-order valence-corrected chi connectivity index (χ4v) is 2.42. The Bertz CT molecular complexity index is 706. The highest BCUT2D eigenvalue weighted by Crippen LogP contribution is 2.35. The van der Waals surface area contributed by atoms with E-state index in [2.05, 4.69) is 33.0 Å². The number of imidazole rings is 1. The Labute approximate surface area is 113 Å². The molecule has 4 heteroatoms. The number of halogens is 1. The van der Waals surface area contributed by atoms with Crippen molar-refractivity contribution in [3.05, 3.63) is 53.3 Å². The molecule has 3 nitrogen and oxygen atoms in total. The van der Waals surface area contributed by atoms with Gasteiger partial charge in [0.2, 0.25) is 0 Å². The molecular formula is C14H11BrN2O. The minimum atomic E-state index is 0.575. The minimum absolute atomic E-state index is 0.575. The van der Waals surface area contributed by atoms with Crippen molar-refractivity contribution in [2.75, 3.05) is 0 Å². The molecule has 1 aromatic heterocycles. The predicted molar refractivity (Wildman–Crippen MR) is 74.9 cm³/mol. The van der Waals surface area contributed by atoms with Gasteiger partial charge in [-0.05, 0) is 32.8 Å². The molecule has 3 aromatic rings. The fourth-order valence-electron chi connectivity index (χ4n) is 1.84. The summed E-state index contributed by atoms with van der Waals surface area (Å²) >= 11 is 3.59. The molecule has 0 aliphatic rings. The van der Waals surface area contributed by atoms with Crippen LogP contribution in [0.3, 0.4) is 0 Å². The van der Waals surface area contributed by atoms with E-state index in [1.54, 1.807) is 6.20 Å². The molecule has 90 valence electrons. The lowest BCUT2D eigenvalue weighted by Crippen LogP contribution is -1.94. The number of hydrogen-bond donors (Lipinski definition) is 0. The van der Waals surface area contributed by atoms with Gasteiger partial charge in [0, 0.05) is 19.4 Å². The van der Waals surface area contributed by atoms with E-state index in [0.29, 0.717) is 6.01 Å². The molecule has 0 aliphatic heterocycles. The Morgan fingerprint density at radius 1 is 1.17 bits per heavy atom. The normalized spacial score (nSPS) is 10.8. The molecule has 0 amide bonds. The molecule has 1 heterocycles. The molecule has 0 unspecified atom stereocenters. The maximum atomic E-state index is 5.79. The summed E-state index contributed by atoms with van der Waals surface area (Å²) in [5.41, 5.74) is 0. The van der Waals surface area contributed by atoms with Gasteiger partial charge in [-0.25, -0.2) is 4.98 Å². The number of nitrogens with zero attached hydrogens (tertiary/aromatic N) is 2. The Morgan fingerprint density at radius 2 is 2.00 bits per heavy atom. The monoisotopic (exact) mass is 302 g/mol. The first-order valence-corrected chi connectivity index (χ1v) is 6.37. The summed E-state index contributed by atoms with van der Waals surface area (Å²) in [4.78, 5) is 4.15. The SMILES string of the molecule is Cn1ccnc1Oc1ccc2ccccc2c1Br. The summed E-state index contributed by atoms with van der Waals surface area (Å²) in [6, 6.07) is 12.7. The zero-order valence-electron chi connectivity index (χ0n) is 9.80. The van der Waals surface area contributed by atoms with Crippen molar-refractivity contribution in [3.63, 3.8) is 0 Å². The molecule has 2 aromatic carbocycles. The summed E-state index contributed by atoms with van der Waals surface area (Å²) in [6.07, 6.45) is 3.56. The Hall–Kier alpha value is -1.81. The van der Waals surface area contributed by atoms with E-state index in [0.717, 1.165) is 15.6 Å². The predicted octanol–water partition coefficient (Wildman–Crippen LogP) is 4.13. The highest BCUT2D eigenvalue weighted by Gasteiger charge is 2.09. The second kappa shape index (κ2) is 4.46. The van der Waals surface area contributed by atoms with Crippen molar-refractivity contribution in [2.24, 2.45) is 7.05 Å². The number of fused-ring (bicyclic) bond motifs is 1. The van der Waals surface area contributed by atoms with Gasteiger partial charge in [0.1, 0.15) is 5.75 Å². The first-order chi connectivity index (χ1) is 8.75. The van der Waals surface area contributed by atoms with Crippen LogP contribution in [0.5, 0.6) is 11.8 Å². The topological polar surface area (TPSA) is 27.1 Å². The van der Waals surface area contributed by atoms with Gasteiger partial charge in [0.25, 0.3) is 0 Å². The average Bonchev–Trinajstić information content (AvgIpc) is 2.79. The highest BCUT2D eigenvalue weighted by molar-refractivity contribution is 9.10. The van der Waals surface area contributed by atoms with E-state index in [-0.39, 0.29) is 0 Å². The molecule has 0 saturated heterocycles. The minimum Gasteiger partial charge on any atom is -0.424 e. The van der Waals surface area contributed by atoms with Crippen LogP contribution < -0.4 is 4.74 Å². The first-order valence-electron chi connectivity index (χ1n) is 5.58. The zero-order valence-corrected chi connectivity index (χ0v) is 11.4. The number of ether oxygens (including phenoxy) is 1. The van der Waals surface area contributed by atoms with Gasteiger partial charge in [-0.1, -0.05) is 30.3 Å². The van der Waals surface area contributed by atoms with Crippen LogP contribution in [0.1, 0.15) is 0 Å². The third kappa shape index (κ3) is 1.88. The maximum Gasteiger partial charge on any atom is 0.301 e. The lowest BCUT2D eigenvalue weighted by Gasteiger charge is -2.09. The molecular weight excluding hydrogens is 292 g/mol. The number of aryl methyl sites for hydroxylation is 1. The van der Waals surface area contributed by atoms with Crippen LogP contribution in [0.25, 0.3) is 10.8 Å². The number of rotatable bonds is 2. The zero-order chi connectivity index (χ0) is 12.5. The lowest BCUT2D eigenvalue weighted by atomic mass is 10.1. The second-order valence-corrected chi connectivity index (χ2v) is 4.81. The molecule has 3 rings (SSSR count). The molecule has 0 atom stereocenters. The molecule has 0 aliphatic carbocycles. The molecule has 0 N–H and O–H groups in total. The van der Waals surface area contributed by atoms with Crippen molar-refractivity contribution < 1.29 is 4.74 Å². The third-order valence-electron chi connectivity index (χ3n) is 2.81. The second-order valence-electron chi connectivity index (χ2n) is 4.02. The van der Waals surface area contributed by atoms with E-state index in [1.807, 2.05) is 42.1 Å². The number of aromatic nitrogens is 2. The van der Waals surface area contributed by atoms with Crippen LogP contribution in [0.2, 0.25) is 0 Å². The van der Waals surface area contributed by atoms with Gasteiger partial charge in [-0.15, -0.1) is 0 Å². The van der Waals surface area contributed by atoms with Crippen molar-refractivity contribution in [3.8, 4) is 11.8 Å². The summed E-state index contributed by atoms with van der Waals surface area (Å²) in [5, 5.41) is 2.31. The number of benzene rings is 2. The Morgan fingerprint density at radius 3 is 2.78 bits per heavy atom. The summed E-state index contributed by atoms with van der Waals surface area (Å²) in [6.45, 7) is 0. The third-order valence-corrected chi connectivity index (χ3v) is 3.62. The van der Waals surface area contributed by atoms with Gasteiger partial charge in [0.15, 0.2) is 0 Å². The summed E-state index contributed by atoms with van der Waals surface area (Å²) in [7, 11) is 1.90. The van der Waals surface area contributed by atoms with Crippen molar-refractivity contribution in [1.29, 1.82) is 0 Å². The standard InChI is InChI=1S/C14H11BrN2O/c1-17-9-8-16-14(17)18-12-7-6-10-4-2-3-5-11(10)13(12)15/h2-9H,1H3. The van der Waals surface area contributed by atoms with Crippen molar-refractivity contribution in [1.82, 2.24) is 9.55 Å². The van der Waals surface area contributed by atoms with Crippen LogP contribution in [0.15, 0.2) is 53.3 Å². The van der Waals surface area contributed by atoms with Gasteiger partial charge < -0.3 is 9.30 Å². The fraction of sp³-hybridized carbons (Fsp3) is 0.0714. The van der Waals surface area contributed by atoms with Crippen LogP contribution in [-0.4, -0.2) is 9.55 Å². The average molecular weight is 303 g/mol. The van der Waals surface area contributed by atoms with E-state index >= 15 is 0 Å².